The molecule has 112 valence electrons. The van der Waals surface area contributed by atoms with Gasteiger partial charge in [0.25, 0.3) is 15.6 Å². The molecule has 2 aromatic heterocycles. The van der Waals surface area contributed by atoms with E-state index in [1.54, 1.807) is 6.07 Å². The molecule has 2 heterocycles. The highest BCUT2D eigenvalue weighted by Crippen LogP contribution is 2.21. The average molecular weight is 309 g/mol. The van der Waals surface area contributed by atoms with Crippen molar-refractivity contribution in [2.75, 3.05) is 16.6 Å². The summed E-state index contributed by atoms with van der Waals surface area (Å²) in [5.41, 5.74) is 0.0494. The van der Waals surface area contributed by atoms with Gasteiger partial charge in [-0.15, -0.1) is 0 Å². The van der Waals surface area contributed by atoms with Crippen LogP contribution in [-0.2, 0) is 10.0 Å². The molecule has 0 amide bonds. The smallest absolute Gasteiger partial charge is 0.266 e. The van der Waals surface area contributed by atoms with Gasteiger partial charge in [0.1, 0.15) is 4.90 Å². The zero-order valence-electron chi connectivity index (χ0n) is 11.3. The number of hydrogen-bond donors (Lipinski definition) is 3. The number of rotatable bonds is 6. The van der Waals surface area contributed by atoms with E-state index >= 15 is 0 Å². The minimum absolute atomic E-state index is 0.0199. The average Bonchev–Trinajstić information content (AvgIpc) is 2.47. The monoisotopic (exact) mass is 309 g/mol. The SMILES string of the molecule is CCCNc1ccncc1S(=O)(=O)Nc1ccc(=O)[nH]n1. The number of aromatic nitrogens is 3. The minimum atomic E-state index is -3.85. The summed E-state index contributed by atoms with van der Waals surface area (Å²) in [6, 6.07) is 4.06. The van der Waals surface area contributed by atoms with Gasteiger partial charge in [-0.3, -0.25) is 14.5 Å². The Hall–Kier alpha value is -2.42. The van der Waals surface area contributed by atoms with Crippen molar-refractivity contribution in [3.05, 3.63) is 40.9 Å². The van der Waals surface area contributed by atoms with Crippen LogP contribution in [0.25, 0.3) is 0 Å². The molecule has 2 aromatic rings. The Morgan fingerprint density at radius 2 is 2.10 bits per heavy atom. The first-order valence-corrected chi connectivity index (χ1v) is 7.77. The van der Waals surface area contributed by atoms with Gasteiger partial charge < -0.3 is 5.32 Å². The third kappa shape index (κ3) is 3.78. The highest BCUT2D eigenvalue weighted by molar-refractivity contribution is 7.92. The Bertz CT molecular complexity index is 752. The van der Waals surface area contributed by atoms with Crippen LogP contribution in [0.2, 0.25) is 0 Å². The molecule has 0 aliphatic rings. The lowest BCUT2D eigenvalue weighted by molar-refractivity contribution is 0.600. The van der Waals surface area contributed by atoms with Gasteiger partial charge in [0, 0.05) is 25.0 Å². The second-order valence-corrected chi connectivity index (χ2v) is 5.86. The molecule has 3 N–H and O–H groups in total. The van der Waals surface area contributed by atoms with Gasteiger partial charge in [-0.25, -0.2) is 13.5 Å². The summed E-state index contributed by atoms with van der Waals surface area (Å²) in [6.45, 7) is 2.62. The van der Waals surface area contributed by atoms with E-state index in [0.717, 1.165) is 6.42 Å². The highest BCUT2D eigenvalue weighted by atomic mass is 32.2. The third-order valence-corrected chi connectivity index (χ3v) is 3.94. The Morgan fingerprint density at radius 3 is 2.76 bits per heavy atom. The van der Waals surface area contributed by atoms with Crippen LogP contribution >= 0.6 is 0 Å². The second kappa shape index (κ2) is 6.35. The zero-order chi connectivity index (χ0) is 15.3. The first kappa shape index (κ1) is 15.0. The summed E-state index contributed by atoms with van der Waals surface area (Å²) in [4.78, 5) is 14.8. The van der Waals surface area contributed by atoms with Crippen LogP contribution in [0.15, 0.2) is 40.3 Å². The van der Waals surface area contributed by atoms with Crippen LogP contribution in [0, 0.1) is 0 Å². The molecule has 2 rings (SSSR count). The molecule has 21 heavy (non-hydrogen) atoms. The van der Waals surface area contributed by atoms with Gasteiger partial charge in [-0.1, -0.05) is 6.92 Å². The van der Waals surface area contributed by atoms with Gasteiger partial charge in [0.2, 0.25) is 0 Å². The Kier molecular flexibility index (Phi) is 4.53. The maximum absolute atomic E-state index is 12.3. The van der Waals surface area contributed by atoms with Crippen molar-refractivity contribution >= 4 is 21.5 Å². The minimum Gasteiger partial charge on any atom is -0.384 e. The van der Waals surface area contributed by atoms with Crippen molar-refractivity contribution in [1.82, 2.24) is 15.2 Å². The molecule has 0 spiro atoms. The molecule has 8 nitrogen and oxygen atoms in total. The fourth-order valence-electron chi connectivity index (χ4n) is 1.59. The molecule has 0 aromatic carbocycles. The molecule has 0 bridgehead atoms. The van der Waals surface area contributed by atoms with E-state index in [1.807, 2.05) is 6.92 Å². The topological polar surface area (TPSA) is 117 Å². The van der Waals surface area contributed by atoms with E-state index in [4.69, 9.17) is 0 Å². The van der Waals surface area contributed by atoms with Crippen molar-refractivity contribution < 1.29 is 8.42 Å². The number of aromatic amines is 1. The quantitative estimate of drug-likeness (QED) is 0.726. The van der Waals surface area contributed by atoms with Crippen molar-refractivity contribution in [3.63, 3.8) is 0 Å². The standard InChI is InChI=1S/C12H15N5O3S/c1-2-6-14-9-5-7-13-8-10(9)21(19,20)17-11-3-4-12(18)16-15-11/h3-5,7-8H,2,6H2,1H3,(H,13,14)(H,15,17)(H,16,18). The van der Waals surface area contributed by atoms with Crippen LogP contribution in [0.4, 0.5) is 11.5 Å². The summed E-state index contributed by atoms with van der Waals surface area (Å²) in [6.07, 6.45) is 3.62. The van der Waals surface area contributed by atoms with Crippen LogP contribution in [-0.4, -0.2) is 30.1 Å². The van der Waals surface area contributed by atoms with E-state index in [0.29, 0.717) is 12.2 Å². The number of hydrogen-bond acceptors (Lipinski definition) is 6. The zero-order valence-corrected chi connectivity index (χ0v) is 12.1. The van der Waals surface area contributed by atoms with Gasteiger partial charge in [0.05, 0.1) is 5.69 Å². The second-order valence-electron chi connectivity index (χ2n) is 4.21. The molecule has 9 heteroatoms. The van der Waals surface area contributed by atoms with Gasteiger partial charge in [-0.2, -0.15) is 5.10 Å². The number of nitrogens with one attached hydrogen (secondary N) is 3. The molecular formula is C12H15N5O3S. The van der Waals surface area contributed by atoms with Crippen LogP contribution in [0.3, 0.4) is 0 Å². The molecule has 0 radical (unpaired) electrons. The highest BCUT2D eigenvalue weighted by Gasteiger charge is 2.19. The summed E-state index contributed by atoms with van der Waals surface area (Å²) in [5, 5.41) is 8.80. The predicted molar refractivity (Wildman–Crippen MR) is 78.7 cm³/mol. The van der Waals surface area contributed by atoms with E-state index in [2.05, 4.69) is 25.2 Å². The molecule has 0 atom stereocenters. The van der Waals surface area contributed by atoms with Gasteiger partial charge in [0.15, 0.2) is 5.82 Å². The lowest BCUT2D eigenvalue weighted by Crippen LogP contribution is -2.18. The van der Waals surface area contributed by atoms with Gasteiger partial charge in [-0.05, 0) is 18.6 Å². The molecule has 0 aliphatic heterocycles. The van der Waals surface area contributed by atoms with E-state index in [9.17, 15) is 13.2 Å². The van der Waals surface area contributed by atoms with E-state index in [-0.39, 0.29) is 10.7 Å². The fourth-order valence-corrected chi connectivity index (χ4v) is 2.72. The van der Waals surface area contributed by atoms with E-state index < -0.39 is 15.6 Å². The molecule has 0 saturated heterocycles. The van der Waals surface area contributed by atoms with Crippen molar-refractivity contribution in [3.8, 4) is 0 Å². The van der Waals surface area contributed by atoms with Crippen molar-refractivity contribution in [1.29, 1.82) is 0 Å². The first-order valence-electron chi connectivity index (χ1n) is 6.29. The van der Waals surface area contributed by atoms with Crippen molar-refractivity contribution in [2.24, 2.45) is 0 Å². The largest absolute Gasteiger partial charge is 0.384 e. The number of nitrogens with zero attached hydrogens (tertiary/aromatic N) is 2. The van der Waals surface area contributed by atoms with Crippen LogP contribution < -0.4 is 15.6 Å². The Balaban J connectivity index is 2.31. The molecule has 0 fully saturated rings. The predicted octanol–water partition coefficient (Wildman–Crippen LogP) is 0.788. The molecular weight excluding hydrogens is 294 g/mol. The summed E-state index contributed by atoms with van der Waals surface area (Å²) in [5.74, 6) is 0.0277. The summed E-state index contributed by atoms with van der Waals surface area (Å²) in [7, 11) is -3.85. The van der Waals surface area contributed by atoms with Crippen LogP contribution in [0.1, 0.15) is 13.3 Å². The third-order valence-electron chi connectivity index (χ3n) is 2.56. The molecule has 0 aliphatic carbocycles. The van der Waals surface area contributed by atoms with Crippen LogP contribution in [0.5, 0.6) is 0 Å². The lowest BCUT2D eigenvalue weighted by Gasteiger charge is -2.12. The molecule has 0 unspecified atom stereocenters. The number of pyridine rings is 1. The Morgan fingerprint density at radius 1 is 1.29 bits per heavy atom. The maximum atomic E-state index is 12.3. The number of anilines is 2. The fraction of sp³-hybridized carbons (Fsp3) is 0.250. The van der Waals surface area contributed by atoms with E-state index in [1.165, 1.54) is 24.5 Å². The number of H-pyrrole nitrogens is 1. The lowest BCUT2D eigenvalue weighted by atomic mass is 10.4. The Labute approximate surface area is 121 Å². The molecule has 0 saturated carbocycles. The first-order chi connectivity index (χ1) is 10.0. The van der Waals surface area contributed by atoms with Gasteiger partial charge >= 0.3 is 0 Å². The number of sulfonamides is 1. The summed E-state index contributed by atoms with van der Waals surface area (Å²) < 4.78 is 27.0. The summed E-state index contributed by atoms with van der Waals surface area (Å²) >= 11 is 0. The maximum Gasteiger partial charge on any atom is 0.266 e. The van der Waals surface area contributed by atoms with Crippen molar-refractivity contribution in [2.45, 2.75) is 18.2 Å². The normalized spacial score (nSPS) is 11.1.